The van der Waals surface area contributed by atoms with Crippen LogP contribution in [-0.2, 0) is 15.1 Å². The van der Waals surface area contributed by atoms with E-state index in [0.29, 0.717) is 13.2 Å². The van der Waals surface area contributed by atoms with E-state index in [4.69, 9.17) is 32.4 Å². The molecule has 0 spiro atoms. The van der Waals surface area contributed by atoms with Crippen LogP contribution in [0.25, 0.3) is 0 Å². The molecule has 0 aliphatic carbocycles. The first-order valence-corrected chi connectivity index (χ1v) is 12.3. The van der Waals surface area contributed by atoms with Gasteiger partial charge in [-0.15, -0.1) is 0 Å². The van der Waals surface area contributed by atoms with E-state index < -0.39 is 10.4 Å². The molecule has 1 fully saturated rings. The Balaban J connectivity index is 0.000000523. The monoisotopic (exact) mass is 479 g/mol. The molecule has 0 atom stereocenters. The van der Waals surface area contributed by atoms with E-state index in [2.05, 4.69) is 58.3 Å². The Morgan fingerprint density at radius 1 is 0.969 bits per heavy atom. The molecule has 9 nitrogen and oxygen atoms in total. The fourth-order valence-corrected chi connectivity index (χ4v) is 4.47. The number of nitrogens with zero attached hydrogens (tertiary/aromatic N) is 3. The highest BCUT2D eigenvalue weighted by molar-refractivity contribution is 7.99. The molecule has 4 rings (SSSR count). The molecule has 1 N–H and O–H groups in total. The number of amidine groups is 1. The fraction of sp³-hybridized carbons (Fsp3) is 0.381. The van der Waals surface area contributed by atoms with E-state index in [-0.39, 0.29) is 6.61 Å². The summed E-state index contributed by atoms with van der Waals surface area (Å²) in [6.45, 7) is 6.01. The van der Waals surface area contributed by atoms with Gasteiger partial charge >= 0.3 is 0 Å². The predicted octanol–water partition coefficient (Wildman–Crippen LogP) is 1.52. The molecule has 174 valence electrons. The second kappa shape index (κ2) is 11.8. The first kappa shape index (κ1) is 24.6. The summed E-state index contributed by atoms with van der Waals surface area (Å²) in [5.74, 6) is 1.08. The maximum absolute atomic E-state index is 8.79. The van der Waals surface area contributed by atoms with Gasteiger partial charge < -0.3 is 23.8 Å². The van der Waals surface area contributed by atoms with E-state index in [1.807, 2.05) is 0 Å². The zero-order chi connectivity index (χ0) is 23.0. The first-order chi connectivity index (χ1) is 15.3. The van der Waals surface area contributed by atoms with Crippen LogP contribution in [0.2, 0.25) is 0 Å². The molecule has 11 heteroatoms. The smallest absolute Gasteiger partial charge is 0.137 e. The Morgan fingerprint density at radius 3 is 2.28 bits per heavy atom. The van der Waals surface area contributed by atoms with E-state index >= 15 is 0 Å². The van der Waals surface area contributed by atoms with Crippen LogP contribution >= 0.6 is 11.8 Å². The Bertz CT molecular complexity index is 1020. The molecular weight excluding hydrogens is 454 g/mol. The van der Waals surface area contributed by atoms with Gasteiger partial charge in [0.1, 0.15) is 5.84 Å². The zero-order valence-electron chi connectivity index (χ0n) is 17.4. The molecular formula is C21H25N3O6S2-2. The van der Waals surface area contributed by atoms with Gasteiger partial charge in [0.05, 0.1) is 25.5 Å². The van der Waals surface area contributed by atoms with Gasteiger partial charge in [-0.25, -0.2) is 4.99 Å². The summed E-state index contributed by atoms with van der Waals surface area (Å²) in [6.07, 6.45) is 0. The third-order valence-electron chi connectivity index (χ3n) is 4.90. The van der Waals surface area contributed by atoms with E-state index in [1.165, 1.54) is 15.4 Å². The molecule has 0 radical (unpaired) electrons. The fourth-order valence-electron chi connectivity index (χ4n) is 3.45. The van der Waals surface area contributed by atoms with Crippen molar-refractivity contribution >= 4 is 33.7 Å². The molecule has 0 saturated carbocycles. The molecule has 0 aromatic heterocycles. The summed E-state index contributed by atoms with van der Waals surface area (Å²) in [5, 5.41) is 8.79. The lowest BCUT2D eigenvalue weighted by molar-refractivity contribution is 0.0652. The van der Waals surface area contributed by atoms with Crippen LogP contribution in [-0.4, -0.2) is 90.8 Å². The number of rotatable bonds is 5. The van der Waals surface area contributed by atoms with Gasteiger partial charge in [-0.3, -0.25) is 13.3 Å². The van der Waals surface area contributed by atoms with Crippen molar-refractivity contribution < 1.29 is 27.4 Å². The lowest BCUT2D eigenvalue weighted by Crippen LogP contribution is -2.49. The summed E-state index contributed by atoms with van der Waals surface area (Å²) < 4.78 is 39.5. The van der Waals surface area contributed by atoms with Crippen molar-refractivity contribution in [1.29, 1.82) is 0 Å². The summed E-state index contributed by atoms with van der Waals surface area (Å²) in [5.41, 5.74) is 2.27. The van der Waals surface area contributed by atoms with Crippen LogP contribution in [0, 0.1) is 0 Å². The average molecular weight is 480 g/mol. The number of aliphatic hydroxyl groups is 1. The van der Waals surface area contributed by atoms with Crippen molar-refractivity contribution in [2.75, 3.05) is 52.5 Å². The quantitative estimate of drug-likeness (QED) is 0.385. The number of hydrogen-bond donors (Lipinski definition) is 1. The van der Waals surface area contributed by atoms with Crippen molar-refractivity contribution in [3.63, 3.8) is 0 Å². The van der Waals surface area contributed by atoms with Crippen molar-refractivity contribution in [2.45, 2.75) is 9.79 Å². The standard InChI is InChI=1S/C21H25N3O2S.H2O4S/c25-14-16-26-15-13-23-9-11-24(12-10-23)21-17-5-1-3-7-19(17)27-20-8-4-2-6-18(20)22-21;1-5(2,3)4/h1-8,25H,9-16H2;(H2,1,2,3,4)/p-2. The average Bonchev–Trinajstić information content (AvgIpc) is 2.93. The highest BCUT2D eigenvalue weighted by Crippen LogP contribution is 2.40. The minimum absolute atomic E-state index is 0.0898. The molecule has 0 unspecified atom stereocenters. The minimum Gasteiger partial charge on any atom is -0.759 e. The highest BCUT2D eigenvalue weighted by Gasteiger charge is 2.24. The van der Waals surface area contributed by atoms with Crippen LogP contribution in [0.1, 0.15) is 5.56 Å². The van der Waals surface area contributed by atoms with E-state index in [9.17, 15) is 0 Å². The molecule has 2 aromatic rings. The van der Waals surface area contributed by atoms with Crippen LogP contribution in [0.4, 0.5) is 5.69 Å². The first-order valence-electron chi connectivity index (χ1n) is 10.1. The number of fused-ring (bicyclic) bond motifs is 2. The van der Waals surface area contributed by atoms with Gasteiger partial charge in [-0.2, -0.15) is 0 Å². The Kier molecular flexibility index (Phi) is 9.05. The number of hydrogen-bond acceptors (Lipinski definition) is 10. The molecule has 2 aliphatic rings. The van der Waals surface area contributed by atoms with Gasteiger partial charge in [0, 0.05) is 58.5 Å². The molecule has 0 amide bonds. The largest absolute Gasteiger partial charge is 0.759 e. The van der Waals surface area contributed by atoms with Gasteiger partial charge in [-0.05, 0) is 18.2 Å². The van der Waals surface area contributed by atoms with Gasteiger partial charge in [0.2, 0.25) is 0 Å². The molecule has 2 aromatic carbocycles. The molecule has 32 heavy (non-hydrogen) atoms. The van der Waals surface area contributed by atoms with Crippen molar-refractivity contribution in [1.82, 2.24) is 9.80 Å². The van der Waals surface area contributed by atoms with Gasteiger partial charge in [-0.1, -0.05) is 42.1 Å². The highest BCUT2D eigenvalue weighted by atomic mass is 32.3. The Hall–Kier alpha value is -1.99. The maximum atomic E-state index is 8.79. The summed E-state index contributed by atoms with van der Waals surface area (Å²) in [6, 6.07) is 16.9. The normalized spacial score (nSPS) is 16.2. The van der Waals surface area contributed by atoms with Crippen LogP contribution < -0.4 is 0 Å². The van der Waals surface area contributed by atoms with Crippen LogP contribution in [0.15, 0.2) is 63.3 Å². The summed E-state index contributed by atoms with van der Waals surface area (Å²) in [4.78, 5) is 12.4. The van der Waals surface area contributed by atoms with Gasteiger partial charge in [0.25, 0.3) is 0 Å². The van der Waals surface area contributed by atoms with E-state index in [0.717, 1.165) is 44.2 Å². The molecule has 2 heterocycles. The SMILES string of the molecule is O=S(=O)([O-])[O-].OCCOCCN1CCN(C2=Nc3ccccc3Sc3ccccc32)CC1. The lowest BCUT2D eigenvalue weighted by atomic mass is 10.1. The molecule has 1 saturated heterocycles. The van der Waals surface area contributed by atoms with Gasteiger partial charge in [0.15, 0.2) is 0 Å². The van der Waals surface area contributed by atoms with Crippen molar-refractivity contribution in [2.24, 2.45) is 4.99 Å². The second-order valence-electron chi connectivity index (χ2n) is 7.07. The van der Waals surface area contributed by atoms with Crippen molar-refractivity contribution in [3.8, 4) is 0 Å². The number of benzene rings is 2. The molecule has 2 aliphatic heterocycles. The number of aliphatic imine (C=N–C) groups is 1. The number of para-hydroxylation sites is 1. The molecule has 0 bridgehead atoms. The lowest BCUT2D eigenvalue weighted by Gasteiger charge is -2.36. The maximum Gasteiger partial charge on any atom is 0.137 e. The second-order valence-corrected chi connectivity index (χ2v) is 8.97. The number of aliphatic hydroxyl groups excluding tert-OH is 1. The summed E-state index contributed by atoms with van der Waals surface area (Å²) >= 11 is 1.80. The summed E-state index contributed by atoms with van der Waals surface area (Å²) in [7, 11) is -5.17. The van der Waals surface area contributed by atoms with E-state index in [1.54, 1.807) is 11.8 Å². The Morgan fingerprint density at radius 2 is 1.59 bits per heavy atom. The topological polar surface area (TPSA) is 129 Å². The van der Waals surface area contributed by atoms with Crippen LogP contribution in [0.3, 0.4) is 0 Å². The minimum atomic E-state index is -5.17. The van der Waals surface area contributed by atoms with Crippen LogP contribution in [0.5, 0.6) is 0 Å². The van der Waals surface area contributed by atoms with Crippen molar-refractivity contribution in [3.05, 3.63) is 54.1 Å². The predicted molar refractivity (Wildman–Crippen MR) is 120 cm³/mol. The third kappa shape index (κ3) is 7.55. The zero-order valence-corrected chi connectivity index (χ0v) is 19.1. The number of piperazine rings is 1. The third-order valence-corrected chi connectivity index (χ3v) is 6.04. The Labute approximate surface area is 192 Å². The number of ether oxygens (including phenoxy) is 1.